The van der Waals surface area contributed by atoms with Crippen LogP contribution in [0.5, 0.6) is 0 Å². The Hall–Kier alpha value is -1.02. The number of rotatable bonds is 6. The molecular weight excluding hydrogens is 234 g/mol. The Bertz CT molecular complexity index is 376. The normalized spacial score (nSPS) is 11.4. The molecule has 0 amide bonds. The van der Waals surface area contributed by atoms with Crippen molar-refractivity contribution in [3.63, 3.8) is 0 Å². The SMILES string of the molecule is CC(C)(C)c1nc(CSCCCCC#N)no1. The third-order valence-corrected chi connectivity index (χ3v) is 3.21. The minimum Gasteiger partial charge on any atom is -0.339 e. The first-order valence-corrected chi connectivity index (χ1v) is 6.97. The van der Waals surface area contributed by atoms with Crippen molar-refractivity contribution in [3.05, 3.63) is 11.7 Å². The summed E-state index contributed by atoms with van der Waals surface area (Å²) in [6, 6.07) is 2.15. The molecule has 0 saturated heterocycles. The quantitative estimate of drug-likeness (QED) is 0.728. The van der Waals surface area contributed by atoms with Crippen LogP contribution in [0.2, 0.25) is 0 Å². The van der Waals surface area contributed by atoms with E-state index in [0.29, 0.717) is 12.3 Å². The van der Waals surface area contributed by atoms with Crippen LogP contribution in [-0.4, -0.2) is 15.9 Å². The molecule has 0 unspecified atom stereocenters. The largest absolute Gasteiger partial charge is 0.339 e. The molecule has 0 atom stereocenters. The maximum atomic E-state index is 8.39. The zero-order valence-electron chi connectivity index (χ0n) is 10.7. The number of nitriles is 1. The van der Waals surface area contributed by atoms with Gasteiger partial charge < -0.3 is 4.52 Å². The molecule has 1 rings (SSSR count). The summed E-state index contributed by atoms with van der Waals surface area (Å²) in [7, 11) is 0. The van der Waals surface area contributed by atoms with Crippen molar-refractivity contribution >= 4 is 11.8 Å². The minimum absolute atomic E-state index is 0.0806. The van der Waals surface area contributed by atoms with Crippen LogP contribution in [0.4, 0.5) is 0 Å². The van der Waals surface area contributed by atoms with Gasteiger partial charge in [0.2, 0.25) is 5.89 Å². The molecule has 0 aliphatic heterocycles. The molecule has 0 aliphatic carbocycles. The lowest BCUT2D eigenvalue weighted by Crippen LogP contribution is -2.11. The molecule has 0 aliphatic rings. The van der Waals surface area contributed by atoms with Gasteiger partial charge in [-0.05, 0) is 18.6 Å². The Kier molecular flexibility index (Phi) is 5.49. The van der Waals surface area contributed by atoms with Crippen LogP contribution in [0, 0.1) is 11.3 Å². The summed E-state index contributed by atoms with van der Waals surface area (Å²) in [5, 5.41) is 12.3. The Labute approximate surface area is 107 Å². The number of unbranched alkanes of at least 4 members (excludes halogenated alkanes) is 2. The van der Waals surface area contributed by atoms with Gasteiger partial charge in [0, 0.05) is 11.8 Å². The summed E-state index contributed by atoms with van der Waals surface area (Å²) in [6.07, 6.45) is 2.70. The van der Waals surface area contributed by atoms with Gasteiger partial charge in [-0.3, -0.25) is 0 Å². The van der Waals surface area contributed by atoms with Crippen LogP contribution in [0.25, 0.3) is 0 Å². The molecule has 0 saturated carbocycles. The molecule has 0 bridgehead atoms. The van der Waals surface area contributed by atoms with Crippen LogP contribution in [0.3, 0.4) is 0 Å². The zero-order valence-corrected chi connectivity index (χ0v) is 11.5. The van der Waals surface area contributed by atoms with E-state index < -0.39 is 0 Å². The van der Waals surface area contributed by atoms with Gasteiger partial charge in [0.15, 0.2) is 5.82 Å². The molecule has 0 radical (unpaired) electrons. The van der Waals surface area contributed by atoms with Crippen molar-refractivity contribution in [3.8, 4) is 6.07 Å². The molecule has 0 fully saturated rings. The van der Waals surface area contributed by atoms with E-state index in [2.05, 4.69) is 37.0 Å². The summed E-state index contributed by atoms with van der Waals surface area (Å²) in [5.41, 5.74) is -0.0806. The number of hydrogen-bond acceptors (Lipinski definition) is 5. The molecule has 94 valence electrons. The van der Waals surface area contributed by atoms with Crippen molar-refractivity contribution in [2.75, 3.05) is 5.75 Å². The van der Waals surface area contributed by atoms with Crippen LogP contribution in [0.15, 0.2) is 4.52 Å². The maximum Gasteiger partial charge on any atom is 0.232 e. The van der Waals surface area contributed by atoms with E-state index >= 15 is 0 Å². The monoisotopic (exact) mass is 253 g/mol. The van der Waals surface area contributed by atoms with Gasteiger partial charge in [0.1, 0.15) is 0 Å². The Morgan fingerprint density at radius 2 is 2.12 bits per heavy atom. The van der Waals surface area contributed by atoms with Crippen molar-refractivity contribution in [2.24, 2.45) is 0 Å². The lowest BCUT2D eigenvalue weighted by Gasteiger charge is -2.10. The predicted octanol–water partition coefficient (Wildman–Crippen LogP) is 3.29. The first kappa shape index (κ1) is 14.0. The van der Waals surface area contributed by atoms with Crippen molar-refractivity contribution in [1.82, 2.24) is 10.1 Å². The molecule has 1 heterocycles. The Morgan fingerprint density at radius 1 is 1.35 bits per heavy atom. The first-order chi connectivity index (χ1) is 8.04. The van der Waals surface area contributed by atoms with Gasteiger partial charge in [-0.1, -0.05) is 25.9 Å². The van der Waals surface area contributed by atoms with Crippen LogP contribution in [0.1, 0.15) is 51.7 Å². The molecule has 0 N–H and O–H groups in total. The zero-order chi connectivity index (χ0) is 12.7. The topological polar surface area (TPSA) is 62.7 Å². The molecule has 1 aromatic rings. The second-order valence-corrected chi connectivity index (χ2v) is 6.04. The molecule has 0 spiro atoms. The highest BCUT2D eigenvalue weighted by Crippen LogP contribution is 2.21. The van der Waals surface area contributed by atoms with Crippen LogP contribution in [-0.2, 0) is 11.2 Å². The second-order valence-electron chi connectivity index (χ2n) is 4.93. The van der Waals surface area contributed by atoms with E-state index in [-0.39, 0.29) is 5.41 Å². The predicted molar refractivity (Wildman–Crippen MR) is 68.6 cm³/mol. The minimum atomic E-state index is -0.0806. The number of hydrogen-bond donors (Lipinski definition) is 0. The molecular formula is C12H19N3OS. The number of thioether (sulfide) groups is 1. The third-order valence-electron chi connectivity index (χ3n) is 2.17. The van der Waals surface area contributed by atoms with E-state index in [4.69, 9.17) is 9.78 Å². The molecule has 0 aromatic carbocycles. The maximum absolute atomic E-state index is 8.39. The first-order valence-electron chi connectivity index (χ1n) is 5.82. The highest BCUT2D eigenvalue weighted by molar-refractivity contribution is 7.98. The lowest BCUT2D eigenvalue weighted by molar-refractivity contribution is 0.319. The van der Waals surface area contributed by atoms with E-state index in [1.807, 2.05) is 0 Å². The summed E-state index contributed by atoms with van der Waals surface area (Å²) in [4.78, 5) is 4.36. The van der Waals surface area contributed by atoms with E-state index in [9.17, 15) is 0 Å². The van der Waals surface area contributed by atoms with Crippen LogP contribution >= 0.6 is 11.8 Å². The fourth-order valence-corrected chi connectivity index (χ4v) is 2.04. The fraction of sp³-hybridized carbons (Fsp3) is 0.750. The second kappa shape index (κ2) is 6.65. The van der Waals surface area contributed by atoms with Gasteiger partial charge >= 0.3 is 0 Å². The van der Waals surface area contributed by atoms with Crippen molar-refractivity contribution in [1.29, 1.82) is 5.26 Å². The highest BCUT2D eigenvalue weighted by atomic mass is 32.2. The summed E-state index contributed by atoms with van der Waals surface area (Å²) in [6.45, 7) is 6.16. The van der Waals surface area contributed by atoms with Gasteiger partial charge in [-0.25, -0.2) is 0 Å². The molecule has 5 heteroatoms. The molecule has 17 heavy (non-hydrogen) atoms. The number of nitrogens with zero attached hydrogens (tertiary/aromatic N) is 3. The molecule has 1 aromatic heterocycles. The van der Waals surface area contributed by atoms with Crippen LogP contribution < -0.4 is 0 Å². The third kappa shape index (κ3) is 5.22. The average Bonchev–Trinajstić information content (AvgIpc) is 2.71. The lowest BCUT2D eigenvalue weighted by atomic mass is 9.97. The van der Waals surface area contributed by atoms with Crippen molar-refractivity contribution < 1.29 is 4.52 Å². The van der Waals surface area contributed by atoms with E-state index in [1.165, 1.54) is 0 Å². The molecule has 4 nitrogen and oxygen atoms in total. The standard InChI is InChI=1S/C12H19N3OS/c1-12(2,3)11-14-10(15-16-11)9-17-8-6-4-5-7-13/h4-6,8-9H2,1-3H3. The van der Waals surface area contributed by atoms with Gasteiger partial charge in [0.05, 0.1) is 11.8 Å². The Balaban J connectivity index is 2.24. The van der Waals surface area contributed by atoms with Crippen molar-refractivity contribution in [2.45, 2.75) is 51.2 Å². The van der Waals surface area contributed by atoms with Gasteiger partial charge in [-0.15, -0.1) is 0 Å². The van der Waals surface area contributed by atoms with Gasteiger partial charge in [0.25, 0.3) is 0 Å². The highest BCUT2D eigenvalue weighted by Gasteiger charge is 2.21. The average molecular weight is 253 g/mol. The van der Waals surface area contributed by atoms with E-state index in [0.717, 1.165) is 30.2 Å². The Morgan fingerprint density at radius 3 is 2.71 bits per heavy atom. The summed E-state index contributed by atoms with van der Waals surface area (Å²) >= 11 is 1.79. The summed E-state index contributed by atoms with van der Waals surface area (Å²) < 4.78 is 5.21. The summed E-state index contributed by atoms with van der Waals surface area (Å²) in [5.74, 6) is 3.28. The van der Waals surface area contributed by atoms with E-state index in [1.54, 1.807) is 11.8 Å². The van der Waals surface area contributed by atoms with Gasteiger partial charge in [-0.2, -0.15) is 22.0 Å². The smallest absolute Gasteiger partial charge is 0.232 e. The fourth-order valence-electron chi connectivity index (χ4n) is 1.19. The number of aromatic nitrogens is 2.